The Kier molecular flexibility index (Phi) is 3.45. The number of halogens is 1. The lowest BCUT2D eigenvalue weighted by Gasteiger charge is -2.34. The first-order valence-electron chi connectivity index (χ1n) is 4.90. The van der Waals surface area contributed by atoms with Gasteiger partial charge in [-0.1, -0.05) is 11.6 Å². The second-order valence-electron chi connectivity index (χ2n) is 3.67. The number of rotatable bonds is 2. The van der Waals surface area contributed by atoms with Crippen molar-refractivity contribution in [2.24, 2.45) is 5.73 Å². The molecule has 15 heavy (non-hydrogen) atoms. The van der Waals surface area contributed by atoms with Crippen LogP contribution in [0.15, 0.2) is 5.38 Å². The summed E-state index contributed by atoms with van der Waals surface area (Å²) in [4.78, 5) is 6.42. The van der Waals surface area contributed by atoms with Crippen molar-refractivity contribution in [1.29, 1.82) is 0 Å². The molecule has 84 valence electrons. The lowest BCUT2D eigenvalue weighted by molar-refractivity contribution is 0.0276. The summed E-state index contributed by atoms with van der Waals surface area (Å²) in [6.07, 6.45) is 0.0847. The smallest absolute Gasteiger partial charge is 0.186 e. The molecule has 2 atom stereocenters. The number of aromatic nitrogens is 1. The van der Waals surface area contributed by atoms with E-state index in [1.807, 2.05) is 12.3 Å². The average molecular weight is 248 g/mol. The zero-order chi connectivity index (χ0) is 10.8. The van der Waals surface area contributed by atoms with E-state index in [0.717, 1.165) is 18.2 Å². The molecule has 2 heterocycles. The Morgan fingerprint density at radius 3 is 3.20 bits per heavy atom. The summed E-state index contributed by atoms with van der Waals surface area (Å²) in [5, 5.41) is 3.35. The van der Waals surface area contributed by atoms with E-state index in [2.05, 4.69) is 9.88 Å². The first-order chi connectivity index (χ1) is 7.16. The number of ether oxygens (including phenoxy) is 1. The number of hydrogen-bond donors (Lipinski definition) is 1. The summed E-state index contributed by atoms with van der Waals surface area (Å²) in [7, 11) is 0. The van der Waals surface area contributed by atoms with Crippen molar-refractivity contribution >= 4 is 28.1 Å². The lowest BCUT2D eigenvalue weighted by atomic mass is 10.1. The largest absolute Gasteiger partial charge is 0.373 e. The standard InChI is InChI=1S/C9H14ClN3OS/c1-6(11)7-4-13(2-3-14-7)9-12-8(10)5-15-9/h5-7H,2-4,11H2,1H3. The molecule has 0 amide bonds. The number of nitrogens with zero attached hydrogens (tertiary/aromatic N) is 2. The van der Waals surface area contributed by atoms with Gasteiger partial charge in [-0.05, 0) is 6.92 Å². The van der Waals surface area contributed by atoms with Crippen LogP contribution < -0.4 is 10.6 Å². The normalized spacial score (nSPS) is 24.2. The number of morpholine rings is 1. The number of thiazole rings is 1. The Labute approximate surface area is 98.0 Å². The third-order valence-electron chi connectivity index (χ3n) is 2.41. The highest BCUT2D eigenvalue weighted by Gasteiger charge is 2.24. The van der Waals surface area contributed by atoms with E-state index >= 15 is 0 Å². The van der Waals surface area contributed by atoms with Crippen molar-refractivity contribution in [3.63, 3.8) is 0 Å². The second-order valence-corrected chi connectivity index (χ2v) is 4.89. The maximum Gasteiger partial charge on any atom is 0.186 e. The number of hydrogen-bond acceptors (Lipinski definition) is 5. The molecule has 0 aliphatic carbocycles. The van der Waals surface area contributed by atoms with Crippen molar-refractivity contribution in [1.82, 2.24) is 4.98 Å². The van der Waals surface area contributed by atoms with Gasteiger partial charge < -0.3 is 15.4 Å². The van der Waals surface area contributed by atoms with Crippen LogP contribution in [0.2, 0.25) is 5.15 Å². The fraction of sp³-hybridized carbons (Fsp3) is 0.667. The molecular weight excluding hydrogens is 234 g/mol. The second kappa shape index (κ2) is 4.65. The average Bonchev–Trinajstić information content (AvgIpc) is 2.65. The molecular formula is C9H14ClN3OS. The van der Waals surface area contributed by atoms with Crippen LogP contribution in [-0.4, -0.2) is 36.8 Å². The predicted molar refractivity (Wildman–Crippen MR) is 62.7 cm³/mol. The molecule has 1 aromatic rings. The van der Waals surface area contributed by atoms with Crippen molar-refractivity contribution in [3.8, 4) is 0 Å². The molecule has 0 spiro atoms. The molecule has 1 aromatic heterocycles. The van der Waals surface area contributed by atoms with E-state index in [1.165, 1.54) is 0 Å². The molecule has 1 aliphatic rings. The molecule has 1 fully saturated rings. The minimum atomic E-state index is 0.0447. The number of nitrogens with two attached hydrogens (primary N) is 1. The fourth-order valence-electron chi connectivity index (χ4n) is 1.56. The molecule has 0 aromatic carbocycles. The Bertz CT molecular complexity index is 331. The summed E-state index contributed by atoms with van der Waals surface area (Å²) in [6.45, 7) is 4.31. The van der Waals surface area contributed by atoms with Crippen molar-refractivity contribution in [3.05, 3.63) is 10.5 Å². The first-order valence-corrected chi connectivity index (χ1v) is 6.16. The first kappa shape index (κ1) is 11.1. The fourth-order valence-corrected chi connectivity index (χ4v) is 2.54. The number of anilines is 1. The highest BCUT2D eigenvalue weighted by Crippen LogP contribution is 2.25. The Morgan fingerprint density at radius 2 is 2.60 bits per heavy atom. The quantitative estimate of drug-likeness (QED) is 0.857. The van der Waals surface area contributed by atoms with Gasteiger partial charge in [-0.2, -0.15) is 0 Å². The zero-order valence-electron chi connectivity index (χ0n) is 8.52. The molecule has 0 radical (unpaired) electrons. The van der Waals surface area contributed by atoms with E-state index in [0.29, 0.717) is 11.8 Å². The summed E-state index contributed by atoms with van der Waals surface area (Å²) in [5.74, 6) is 0. The topological polar surface area (TPSA) is 51.4 Å². The van der Waals surface area contributed by atoms with E-state index < -0.39 is 0 Å². The van der Waals surface area contributed by atoms with Gasteiger partial charge in [-0.25, -0.2) is 4.98 Å². The molecule has 2 unspecified atom stereocenters. The monoisotopic (exact) mass is 247 g/mol. The van der Waals surface area contributed by atoms with Crippen LogP contribution in [0.3, 0.4) is 0 Å². The van der Waals surface area contributed by atoms with Crippen LogP contribution in [0.1, 0.15) is 6.92 Å². The van der Waals surface area contributed by atoms with E-state index in [4.69, 9.17) is 22.1 Å². The van der Waals surface area contributed by atoms with Gasteiger partial charge in [-0.3, -0.25) is 0 Å². The van der Waals surface area contributed by atoms with Crippen LogP contribution in [0, 0.1) is 0 Å². The maximum atomic E-state index is 5.82. The van der Waals surface area contributed by atoms with Gasteiger partial charge in [0.25, 0.3) is 0 Å². The van der Waals surface area contributed by atoms with Crippen LogP contribution >= 0.6 is 22.9 Å². The molecule has 4 nitrogen and oxygen atoms in total. The van der Waals surface area contributed by atoms with Crippen LogP contribution in [0.4, 0.5) is 5.13 Å². The zero-order valence-corrected chi connectivity index (χ0v) is 10.1. The van der Waals surface area contributed by atoms with Crippen molar-refractivity contribution in [2.75, 3.05) is 24.6 Å². The van der Waals surface area contributed by atoms with Crippen molar-refractivity contribution in [2.45, 2.75) is 19.1 Å². The molecule has 2 N–H and O–H groups in total. The van der Waals surface area contributed by atoms with Gasteiger partial charge in [0.2, 0.25) is 0 Å². The van der Waals surface area contributed by atoms with Gasteiger partial charge in [0, 0.05) is 24.5 Å². The Balaban J connectivity index is 2.04. The summed E-state index contributed by atoms with van der Waals surface area (Å²) in [5.41, 5.74) is 5.82. The SMILES string of the molecule is CC(N)C1CN(c2nc(Cl)cs2)CCO1. The van der Waals surface area contributed by atoms with Crippen LogP contribution in [0.5, 0.6) is 0 Å². The van der Waals surface area contributed by atoms with Gasteiger partial charge in [0.05, 0.1) is 12.7 Å². The van der Waals surface area contributed by atoms with Gasteiger partial charge in [-0.15, -0.1) is 11.3 Å². The summed E-state index contributed by atoms with van der Waals surface area (Å²) < 4.78 is 5.58. The van der Waals surface area contributed by atoms with Crippen LogP contribution in [0.25, 0.3) is 0 Å². The minimum Gasteiger partial charge on any atom is -0.373 e. The van der Waals surface area contributed by atoms with E-state index in [1.54, 1.807) is 11.3 Å². The Morgan fingerprint density at radius 1 is 1.80 bits per heavy atom. The Hall–Kier alpha value is -0.360. The molecule has 1 aliphatic heterocycles. The third-order valence-corrected chi connectivity index (χ3v) is 3.64. The van der Waals surface area contributed by atoms with E-state index in [-0.39, 0.29) is 12.1 Å². The molecule has 6 heteroatoms. The third kappa shape index (κ3) is 2.60. The highest BCUT2D eigenvalue weighted by molar-refractivity contribution is 7.14. The highest BCUT2D eigenvalue weighted by atomic mass is 35.5. The molecule has 1 saturated heterocycles. The van der Waals surface area contributed by atoms with Crippen molar-refractivity contribution < 1.29 is 4.74 Å². The predicted octanol–water partition coefficient (Wildman–Crippen LogP) is 1.35. The lowest BCUT2D eigenvalue weighted by Crippen LogP contribution is -2.49. The van der Waals surface area contributed by atoms with Crippen LogP contribution in [-0.2, 0) is 4.74 Å². The summed E-state index contributed by atoms with van der Waals surface area (Å²) in [6, 6.07) is 0.0447. The van der Waals surface area contributed by atoms with Gasteiger partial charge in [0.15, 0.2) is 5.13 Å². The van der Waals surface area contributed by atoms with Gasteiger partial charge >= 0.3 is 0 Å². The maximum absolute atomic E-state index is 5.82. The van der Waals surface area contributed by atoms with Gasteiger partial charge in [0.1, 0.15) is 5.15 Å². The minimum absolute atomic E-state index is 0.0447. The molecule has 0 bridgehead atoms. The summed E-state index contributed by atoms with van der Waals surface area (Å²) >= 11 is 7.35. The van der Waals surface area contributed by atoms with E-state index in [9.17, 15) is 0 Å². The molecule has 2 rings (SSSR count). The molecule has 0 saturated carbocycles.